The van der Waals surface area contributed by atoms with Crippen LogP contribution in [0, 0.1) is 0 Å². The number of halogens is 2. The van der Waals surface area contributed by atoms with Gasteiger partial charge in [0.05, 0.1) is 11.4 Å². The van der Waals surface area contributed by atoms with Gasteiger partial charge in [0.1, 0.15) is 0 Å². The fourth-order valence-electron chi connectivity index (χ4n) is 2.93. The third-order valence-corrected chi connectivity index (χ3v) is 4.86. The third kappa shape index (κ3) is 2.47. The van der Waals surface area contributed by atoms with Gasteiger partial charge < -0.3 is 4.74 Å². The first-order valence-electron chi connectivity index (χ1n) is 7.57. The number of carbonyl (C=O) groups is 2. The Bertz CT molecular complexity index is 909. The molecule has 1 saturated heterocycles. The first kappa shape index (κ1) is 16.3. The molecule has 5 nitrogen and oxygen atoms in total. The Labute approximate surface area is 153 Å². The van der Waals surface area contributed by atoms with E-state index in [1.165, 1.54) is 5.01 Å². The van der Waals surface area contributed by atoms with Gasteiger partial charge in [0.25, 0.3) is 5.91 Å². The highest BCUT2D eigenvalue weighted by Crippen LogP contribution is 2.46. The Kier molecular flexibility index (Phi) is 3.68. The van der Waals surface area contributed by atoms with Gasteiger partial charge in [0.2, 0.25) is 5.60 Å². The van der Waals surface area contributed by atoms with Crippen LogP contribution in [0.25, 0.3) is 0 Å². The van der Waals surface area contributed by atoms with Crippen LogP contribution in [0.2, 0.25) is 10.0 Å². The van der Waals surface area contributed by atoms with E-state index in [2.05, 4.69) is 5.10 Å². The average Bonchev–Trinajstić information content (AvgIpc) is 3.31. The van der Waals surface area contributed by atoms with Crippen molar-refractivity contribution in [3.63, 3.8) is 0 Å². The molecule has 0 radical (unpaired) electrons. The number of ether oxygens (including phenoxy) is 1. The standard InChI is InChI=1S/C18H12Cl2N2O3/c1-10-18(16(25-18)15(23)11-2-4-12(19)5-3-11)17(24)22(21-10)14-8-6-13(20)7-9-14/h2-9,16H,1H3. The van der Waals surface area contributed by atoms with E-state index in [0.717, 1.165) is 0 Å². The van der Waals surface area contributed by atoms with Crippen LogP contribution >= 0.6 is 23.2 Å². The highest BCUT2D eigenvalue weighted by molar-refractivity contribution is 6.31. The first-order chi connectivity index (χ1) is 11.9. The Balaban J connectivity index is 1.61. The molecule has 2 aromatic rings. The van der Waals surface area contributed by atoms with Gasteiger partial charge in [-0.2, -0.15) is 10.1 Å². The van der Waals surface area contributed by atoms with Gasteiger partial charge in [-0.25, -0.2) is 0 Å². The summed E-state index contributed by atoms with van der Waals surface area (Å²) in [5.41, 5.74) is 0.159. The van der Waals surface area contributed by atoms with Gasteiger partial charge in [-0.05, 0) is 55.5 Å². The zero-order valence-corrected chi connectivity index (χ0v) is 14.6. The van der Waals surface area contributed by atoms with Gasteiger partial charge in [0, 0.05) is 15.6 Å². The van der Waals surface area contributed by atoms with Crippen LogP contribution in [0.15, 0.2) is 53.6 Å². The van der Waals surface area contributed by atoms with Crippen LogP contribution in [-0.2, 0) is 9.53 Å². The number of hydrogen-bond donors (Lipinski definition) is 0. The molecule has 0 N–H and O–H groups in total. The molecule has 2 aromatic carbocycles. The normalized spacial score (nSPS) is 24.6. The summed E-state index contributed by atoms with van der Waals surface area (Å²) in [7, 11) is 0. The fourth-order valence-corrected chi connectivity index (χ4v) is 3.18. The summed E-state index contributed by atoms with van der Waals surface area (Å²) in [4.78, 5) is 25.5. The van der Waals surface area contributed by atoms with Crippen LogP contribution in [0.3, 0.4) is 0 Å². The zero-order valence-electron chi connectivity index (χ0n) is 13.1. The molecule has 1 amide bonds. The average molecular weight is 375 g/mol. The van der Waals surface area contributed by atoms with E-state index in [1.54, 1.807) is 55.5 Å². The van der Waals surface area contributed by atoms with Crippen LogP contribution in [0.1, 0.15) is 17.3 Å². The predicted octanol–water partition coefficient (Wildman–Crippen LogP) is 3.74. The molecule has 2 aliphatic heterocycles. The Morgan fingerprint density at radius 1 is 1.08 bits per heavy atom. The maximum atomic E-state index is 12.9. The lowest BCUT2D eigenvalue weighted by Gasteiger charge is -2.12. The number of Topliss-reactive ketones (excluding diaryl/α,β-unsaturated/α-hetero) is 1. The van der Waals surface area contributed by atoms with Crippen molar-refractivity contribution in [2.75, 3.05) is 5.01 Å². The maximum absolute atomic E-state index is 12.9. The van der Waals surface area contributed by atoms with E-state index in [4.69, 9.17) is 27.9 Å². The van der Waals surface area contributed by atoms with Crippen molar-refractivity contribution in [1.82, 2.24) is 0 Å². The monoisotopic (exact) mass is 374 g/mol. The van der Waals surface area contributed by atoms with Gasteiger partial charge in [-0.1, -0.05) is 23.2 Å². The van der Waals surface area contributed by atoms with Crippen molar-refractivity contribution in [2.24, 2.45) is 5.10 Å². The Morgan fingerprint density at radius 2 is 1.64 bits per heavy atom. The highest BCUT2D eigenvalue weighted by atomic mass is 35.5. The second-order valence-corrected chi connectivity index (χ2v) is 6.76. The smallest absolute Gasteiger partial charge is 0.288 e. The van der Waals surface area contributed by atoms with Gasteiger partial charge in [0.15, 0.2) is 11.9 Å². The van der Waals surface area contributed by atoms with Crippen molar-refractivity contribution in [3.8, 4) is 0 Å². The number of nitrogens with zero attached hydrogens (tertiary/aromatic N) is 2. The van der Waals surface area contributed by atoms with Crippen molar-refractivity contribution in [3.05, 3.63) is 64.1 Å². The summed E-state index contributed by atoms with van der Waals surface area (Å²) in [5.74, 6) is -0.642. The molecule has 0 aromatic heterocycles. The molecule has 25 heavy (non-hydrogen) atoms. The molecular formula is C18H12Cl2N2O3. The molecule has 2 aliphatic rings. The van der Waals surface area contributed by atoms with Gasteiger partial charge in [-0.15, -0.1) is 0 Å². The largest absolute Gasteiger partial charge is 0.341 e. The molecule has 0 aliphatic carbocycles. The second-order valence-electron chi connectivity index (χ2n) is 5.88. The molecule has 0 bridgehead atoms. The summed E-state index contributed by atoms with van der Waals surface area (Å²) in [5, 5.41) is 6.63. The number of hydrogen-bond acceptors (Lipinski definition) is 4. The summed E-state index contributed by atoms with van der Waals surface area (Å²) in [6, 6.07) is 13.2. The van der Waals surface area contributed by atoms with Crippen LogP contribution in [0.5, 0.6) is 0 Å². The molecule has 7 heteroatoms. The molecule has 126 valence electrons. The highest BCUT2D eigenvalue weighted by Gasteiger charge is 2.72. The topological polar surface area (TPSA) is 62.3 Å². The lowest BCUT2D eigenvalue weighted by atomic mass is 9.94. The first-order valence-corrected chi connectivity index (χ1v) is 8.32. The third-order valence-electron chi connectivity index (χ3n) is 4.35. The molecule has 2 heterocycles. The van der Waals surface area contributed by atoms with Crippen molar-refractivity contribution < 1.29 is 14.3 Å². The summed E-state index contributed by atoms with van der Waals surface area (Å²) < 4.78 is 5.58. The number of amides is 1. The van der Waals surface area contributed by atoms with E-state index in [0.29, 0.717) is 27.0 Å². The fraction of sp³-hybridized carbons (Fsp3) is 0.167. The molecule has 1 fully saturated rings. The quantitative estimate of drug-likeness (QED) is 0.607. The van der Waals surface area contributed by atoms with Crippen molar-refractivity contribution in [1.29, 1.82) is 0 Å². The minimum Gasteiger partial charge on any atom is -0.341 e. The predicted molar refractivity (Wildman–Crippen MR) is 95.4 cm³/mol. The molecular weight excluding hydrogens is 363 g/mol. The number of rotatable bonds is 3. The van der Waals surface area contributed by atoms with E-state index in [1.807, 2.05) is 0 Å². The van der Waals surface area contributed by atoms with Crippen LogP contribution in [-0.4, -0.2) is 29.1 Å². The lowest BCUT2D eigenvalue weighted by Crippen LogP contribution is -2.38. The summed E-state index contributed by atoms with van der Waals surface area (Å²) >= 11 is 11.7. The number of ketones is 1. The summed E-state index contributed by atoms with van der Waals surface area (Å²) in [6.45, 7) is 1.68. The van der Waals surface area contributed by atoms with Gasteiger partial charge >= 0.3 is 0 Å². The van der Waals surface area contributed by atoms with Crippen LogP contribution in [0.4, 0.5) is 5.69 Å². The van der Waals surface area contributed by atoms with Crippen LogP contribution < -0.4 is 5.01 Å². The van der Waals surface area contributed by atoms with Gasteiger partial charge in [-0.3, -0.25) is 9.59 Å². The van der Waals surface area contributed by atoms with E-state index < -0.39 is 11.7 Å². The SMILES string of the molecule is CC1=NN(c2ccc(Cl)cc2)C(=O)C12OC2C(=O)c1ccc(Cl)cc1. The Hall–Kier alpha value is -2.21. The number of carbonyl (C=O) groups excluding carboxylic acids is 2. The number of benzene rings is 2. The molecule has 2 atom stereocenters. The molecule has 1 spiro atoms. The number of anilines is 1. The number of hydrazone groups is 1. The van der Waals surface area contributed by atoms with E-state index >= 15 is 0 Å². The summed E-state index contributed by atoms with van der Waals surface area (Å²) in [6.07, 6.45) is -0.873. The minimum atomic E-state index is -1.31. The zero-order chi connectivity index (χ0) is 17.8. The molecule has 0 saturated carbocycles. The van der Waals surface area contributed by atoms with Crippen molar-refractivity contribution >= 4 is 46.3 Å². The Morgan fingerprint density at radius 3 is 2.24 bits per heavy atom. The second kappa shape index (κ2) is 5.66. The molecule has 2 unspecified atom stereocenters. The minimum absolute atomic E-state index is 0.266. The van der Waals surface area contributed by atoms with E-state index in [9.17, 15) is 9.59 Å². The molecule has 4 rings (SSSR count). The lowest BCUT2D eigenvalue weighted by molar-refractivity contribution is -0.120. The maximum Gasteiger partial charge on any atom is 0.288 e. The van der Waals surface area contributed by atoms with Crippen molar-refractivity contribution in [2.45, 2.75) is 18.6 Å². The van der Waals surface area contributed by atoms with E-state index in [-0.39, 0.29) is 11.7 Å². The number of epoxide rings is 1.